The van der Waals surface area contributed by atoms with Crippen LogP contribution in [0.15, 0.2) is 75.8 Å². The Balaban J connectivity index is 1.82. The van der Waals surface area contributed by atoms with E-state index in [1.807, 2.05) is 0 Å². The lowest BCUT2D eigenvalue weighted by molar-refractivity contribution is 0.553. The zero-order valence-electron chi connectivity index (χ0n) is 13.5. The van der Waals surface area contributed by atoms with Crippen LogP contribution in [-0.4, -0.2) is 4.98 Å². The average Bonchev–Trinajstić information content (AvgIpc) is 3.30. The van der Waals surface area contributed by atoms with Gasteiger partial charge in [-0.15, -0.1) is 0 Å². The number of halogens is 2. The molecule has 4 rings (SSSR count). The van der Waals surface area contributed by atoms with Crippen molar-refractivity contribution in [3.63, 3.8) is 0 Å². The van der Waals surface area contributed by atoms with Crippen molar-refractivity contribution in [2.45, 2.75) is 0 Å². The van der Waals surface area contributed by atoms with Gasteiger partial charge < -0.3 is 8.83 Å². The molecule has 2 heterocycles. The van der Waals surface area contributed by atoms with Crippen molar-refractivity contribution >= 4 is 12.2 Å². The first-order chi connectivity index (χ1) is 12.7. The van der Waals surface area contributed by atoms with E-state index in [-0.39, 0.29) is 5.82 Å². The van der Waals surface area contributed by atoms with Gasteiger partial charge in [0.15, 0.2) is 5.76 Å². The van der Waals surface area contributed by atoms with Crippen LogP contribution < -0.4 is 0 Å². The summed E-state index contributed by atoms with van der Waals surface area (Å²) < 4.78 is 38.3. The Bertz CT molecular complexity index is 1000. The van der Waals surface area contributed by atoms with Crippen molar-refractivity contribution in [2.24, 2.45) is 0 Å². The van der Waals surface area contributed by atoms with Gasteiger partial charge in [0.05, 0.1) is 6.26 Å². The predicted octanol–water partition coefficient (Wildman–Crippen LogP) is 6.05. The maximum Gasteiger partial charge on any atom is 0.220 e. The van der Waals surface area contributed by atoms with Crippen LogP contribution in [-0.2, 0) is 0 Å². The van der Waals surface area contributed by atoms with Gasteiger partial charge >= 0.3 is 0 Å². The monoisotopic (exact) mass is 349 g/mol. The third-order valence-corrected chi connectivity index (χ3v) is 3.76. The van der Waals surface area contributed by atoms with Crippen LogP contribution in [0.2, 0.25) is 0 Å². The van der Waals surface area contributed by atoms with Crippen LogP contribution in [0.1, 0.15) is 11.7 Å². The number of aromatic nitrogens is 1. The number of nitrogens with zero attached hydrogens (tertiary/aromatic N) is 1. The highest BCUT2D eigenvalue weighted by Crippen LogP contribution is 2.33. The van der Waals surface area contributed by atoms with E-state index in [9.17, 15) is 8.78 Å². The Morgan fingerprint density at radius 3 is 2.23 bits per heavy atom. The Hall–Kier alpha value is -3.47. The molecule has 0 unspecified atom stereocenters. The number of hydrogen-bond acceptors (Lipinski definition) is 3. The molecule has 26 heavy (non-hydrogen) atoms. The summed E-state index contributed by atoms with van der Waals surface area (Å²) in [6.45, 7) is 0. The molecule has 0 atom stereocenters. The summed E-state index contributed by atoms with van der Waals surface area (Å²) in [4.78, 5) is 4.44. The van der Waals surface area contributed by atoms with Gasteiger partial charge in [-0.1, -0.05) is 24.3 Å². The summed E-state index contributed by atoms with van der Waals surface area (Å²) >= 11 is 0. The molecular formula is C21H13F2NO2. The highest BCUT2D eigenvalue weighted by atomic mass is 19.1. The minimum Gasteiger partial charge on any atom is -0.465 e. The molecule has 128 valence electrons. The van der Waals surface area contributed by atoms with E-state index in [0.29, 0.717) is 34.2 Å². The van der Waals surface area contributed by atoms with E-state index in [4.69, 9.17) is 8.83 Å². The first-order valence-corrected chi connectivity index (χ1v) is 7.93. The van der Waals surface area contributed by atoms with Gasteiger partial charge in [-0.2, -0.15) is 0 Å². The molecule has 2 aromatic heterocycles. The van der Waals surface area contributed by atoms with Crippen LogP contribution in [0.4, 0.5) is 8.78 Å². The third-order valence-electron chi connectivity index (χ3n) is 3.76. The van der Waals surface area contributed by atoms with Crippen LogP contribution in [0, 0.1) is 11.6 Å². The fraction of sp³-hybridized carbons (Fsp3) is 0. The standard InChI is InChI=1S/C21H13F2NO2/c22-16-6-1-4-14(12-16)20-21(15-5-2-7-17(23)13-15)26-19(24-20)10-9-18-8-3-11-25-18/h1-13H/b10-9+. The second-order valence-corrected chi connectivity index (χ2v) is 5.60. The summed E-state index contributed by atoms with van der Waals surface area (Å²) in [6, 6.07) is 15.6. The fourth-order valence-electron chi connectivity index (χ4n) is 2.60. The van der Waals surface area contributed by atoms with Crippen molar-refractivity contribution < 1.29 is 17.6 Å². The molecule has 0 bridgehead atoms. The normalized spacial score (nSPS) is 11.3. The summed E-state index contributed by atoms with van der Waals surface area (Å²) in [5, 5.41) is 0. The van der Waals surface area contributed by atoms with Crippen LogP contribution in [0.25, 0.3) is 34.7 Å². The minimum atomic E-state index is -0.392. The molecule has 0 fully saturated rings. The molecule has 5 heteroatoms. The Morgan fingerprint density at radius 2 is 1.54 bits per heavy atom. The number of benzene rings is 2. The number of hydrogen-bond donors (Lipinski definition) is 0. The highest BCUT2D eigenvalue weighted by molar-refractivity contribution is 5.78. The highest BCUT2D eigenvalue weighted by Gasteiger charge is 2.17. The molecule has 4 aromatic rings. The lowest BCUT2D eigenvalue weighted by atomic mass is 10.1. The van der Waals surface area contributed by atoms with E-state index < -0.39 is 5.82 Å². The Morgan fingerprint density at radius 1 is 0.808 bits per heavy atom. The molecule has 0 radical (unpaired) electrons. The van der Waals surface area contributed by atoms with Gasteiger partial charge in [0.1, 0.15) is 23.1 Å². The van der Waals surface area contributed by atoms with Crippen LogP contribution in [0.5, 0.6) is 0 Å². The quantitative estimate of drug-likeness (QED) is 0.450. The average molecular weight is 349 g/mol. The van der Waals surface area contributed by atoms with Gasteiger partial charge in [-0.3, -0.25) is 0 Å². The summed E-state index contributed by atoms with van der Waals surface area (Å²) in [7, 11) is 0. The molecule has 3 nitrogen and oxygen atoms in total. The third kappa shape index (κ3) is 3.32. The largest absolute Gasteiger partial charge is 0.465 e. The summed E-state index contributed by atoms with van der Waals surface area (Å²) in [6.07, 6.45) is 4.91. The number of rotatable bonds is 4. The zero-order valence-corrected chi connectivity index (χ0v) is 13.5. The van der Waals surface area contributed by atoms with Gasteiger partial charge in [0.25, 0.3) is 0 Å². The van der Waals surface area contributed by atoms with Crippen molar-refractivity contribution in [3.8, 4) is 22.6 Å². The molecule has 0 spiro atoms. The molecular weight excluding hydrogens is 336 g/mol. The van der Waals surface area contributed by atoms with Crippen molar-refractivity contribution in [3.05, 3.63) is 90.2 Å². The predicted molar refractivity (Wildman–Crippen MR) is 94.9 cm³/mol. The fourth-order valence-corrected chi connectivity index (χ4v) is 2.60. The molecule has 2 aromatic carbocycles. The van der Waals surface area contributed by atoms with E-state index in [0.717, 1.165) is 0 Å². The van der Waals surface area contributed by atoms with Crippen molar-refractivity contribution in [1.29, 1.82) is 0 Å². The van der Waals surface area contributed by atoms with E-state index in [1.54, 1.807) is 54.8 Å². The molecule has 0 aliphatic carbocycles. The first-order valence-electron chi connectivity index (χ1n) is 7.93. The first kappa shape index (κ1) is 16.0. The minimum absolute atomic E-state index is 0.305. The van der Waals surface area contributed by atoms with Gasteiger partial charge in [0, 0.05) is 17.2 Å². The SMILES string of the molecule is Fc1cccc(-c2nc(/C=C/c3ccco3)oc2-c2cccc(F)c2)c1. The summed E-state index contributed by atoms with van der Waals surface area (Å²) in [5.74, 6) is 0.539. The number of oxazole rings is 1. The molecule has 0 N–H and O–H groups in total. The molecule has 0 saturated carbocycles. The van der Waals surface area contributed by atoms with E-state index in [1.165, 1.54) is 24.3 Å². The summed E-state index contributed by atoms with van der Waals surface area (Å²) in [5.41, 5.74) is 1.51. The van der Waals surface area contributed by atoms with Crippen molar-refractivity contribution in [1.82, 2.24) is 4.98 Å². The maximum atomic E-state index is 13.6. The topological polar surface area (TPSA) is 39.2 Å². The smallest absolute Gasteiger partial charge is 0.220 e. The number of furan rings is 1. The molecule has 0 aliphatic heterocycles. The molecule has 0 amide bonds. The lowest BCUT2D eigenvalue weighted by Gasteiger charge is -2.02. The van der Waals surface area contributed by atoms with Gasteiger partial charge in [-0.25, -0.2) is 13.8 Å². The van der Waals surface area contributed by atoms with E-state index in [2.05, 4.69) is 4.98 Å². The molecule has 0 aliphatic rings. The Kier molecular flexibility index (Phi) is 4.19. The zero-order chi connectivity index (χ0) is 17.9. The second-order valence-electron chi connectivity index (χ2n) is 5.60. The van der Waals surface area contributed by atoms with Gasteiger partial charge in [-0.05, 0) is 42.5 Å². The van der Waals surface area contributed by atoms with E-state index >= 15 is 0 Å². The van der Waals surface area contributed by atoms with Crippen molar-refractivity contribution in [2.75, 3.05) is 0 Å². The van der Waals surface area contributed by atoms with Gasteiger partial charge in [0.2, 0.25) is 5.89 Å². The van der Waals surface area contributed by atoms with Crippen LogP contribution in [0.3, 0.4) is 0 Å². The van der Waals surface area contributed by atoms with Crippen LogP contribution >= 0.6 is 0 Å². The maximum absolute atomic E-state index is 13.6. The lowest BCUT2D eigenvalue weighted by Crippen LogP contribution is -1.85. The Labute approximate surface area is 148 Å². The molecule has 0 saturated heterocycles. The second kappa shape index (κ2) is 6.80.